The number of amides is 3. The quantitative estimate of drug-likeness (QED) is 0.658. The first-order valence-corrected chi connectivity index (χ1v) is 5.96. The molecule has 3 amide bonds. The van der Waals surface area contributed by atoms with Crippen molar-refractivity contribution < 1.29 is 14.4 Å². The van der Waals surface area contributed by atoms with Crippen LogP contribution in [0.15, 0.2) is 12.7 Å². The van der Waals surface area contributed by atoms with E-state index in [1.165, 1.54) is 4.90 Å². The number of hydrogen-bond donors (Lipinski definition) is 2. The number of nitrogens with zero attached hydrogens (tertiary/aromatic N) is 1. The highest BCUT2D eigenvalue weighted by Crippen LogP contribution is 2.18. The van der Waals surface area contributed by atoms with Gasteiger partial charge in [-0.05, 0) is 25.8 Å². The van der Waals surface area contributed by atoms with E-state index in [1.807, 2.05) is 0 Å². The molecule has 0 aliphatic carbocycles. The molecule has 1 fully saturated rings. The van der Waals surface area contributed by atoms with Crippen molar-refractivity contribution in [1.29, 1.82) is 0 Å². The SMILES string of the molecule is C=CC(=O)NC(C)C(=O)N1CCCC1C(=O)NC. The van der Waals surface area contributed by atoms with Gasteiger partial charge in [-0.2, -0.15) is 0 Å². The summed E-state index contributed by atoms with van der Waals surface area (Å²) < 4.78 is 0. The Morgan fingerprint density at radius 2 is 2.11 bits per heavy atom. The molecule has 2 N–H and O–H groups in total. The highest BCUT2D eigenvalue weighted by atomic mass is 16.2. The highest BCUT2D eigenvalue weighted by molar-refractivity contribution is 5.94. The average molecular weight is 253 g/mol. The van der Waals surface area contributed by atoms with Crippen LogP contribution in [0.4, 0.5) is 0 Å². The van der Waals surface area contributed by atoms with Crippen molar-refractivity contribution in [3.05, 3.63) is 12.7 Å². The van der Waals surface area contributed by atoms with Crippen molar-refractivity contribution >= 4 is 17.7 Å². The Bertz CT molecular complexity index is 368. The molecular weight excluding hydrogens is 234 g/mol. The van der Waals surface area contributed by atoms with Crippen LogP contribution in [0.3, 0.4) is 0 Å². The predicted molar refractivity (Wildman–Crippen MR) is 66.6 cm³/mol. The van der Waals surface area contributed by atoms with E-state index in [0.717, 1.165) is 12.5 Å². The second-order valence-electron chi connectivity index (χ2n) is 4.24. The number of rotatable bonds is 4. The Morgan fingerprint density at radius 1 is 1.44 bits per heavy atom. The van der Waals surface area contributed by atoms with Crippen molar-refractivity contribution in [3.8, 4) is 0 Å². The Labute approximate surface area is 106 Å². The van der Waals surface area contributed by atoms with E-state index >= 15 is 0 Å². The minimum Gasteiger partial charge on any atom is -0.357 e. The largest absolute Gasteiger partial charge is 0.357 e. The average Bonchev–Trinajstić information content (AvgIpc) is 2.85. The first-order chi connectivity index (χ1) is 8.51. The molecule has 1 rings (SSSR count). The first kappa shape index (κ1) is 14.2. The zero-order valence-corrected chi connectivity index (χ0v) is 10.7. The maximum absolute atomic E-state index is 12.1. The van der Waals surface area contributed by atoms with Crippen LogP contribution in [0.5, 0.6) is 0 Å². The van der Waals surface area contributed by atoms with E-state index in [0.29, 0.717) is 13.0 Å². The molecule has 0 aromatic heterocycles. The molecule has 1 heterocycles. The summed E-state index contributed by atoms with van der Waals surface area (Å²) >= 11 is 0. The summed E-state index contributed by atoms with van der Waals surface area (Å²) in [6.07, 6.45) is 2.57. The topological polar surface area (TPSA) is 78.5 Å². The van der Waals surface area contributed by atoms with Gasteiger partial charge in [0, 0.05) is 13.6 Å². The van der Waals surface area contributed by atoms with Crippen LogP contribution in [0.1, 0.15) is 19.8 Å². The van der Waals surface area contributed by atoms with Gasteiger partial charge in [0.05, 0.1) is 0 Å². The number of carbonyl (C=O) groups excluding carboxylic acids is 3. The summed E-state index contributed by atoms with van der Waals surface area (Å²) in [5.41, 5.74) is 0. The van der Waals surface area contributed by atoms with Gasteiger partial charge in [-0.3, -0.25) is 14.4 Å². The van der Waals surface area contributed by atoms with Gasteiger partial charge < -0.3 is 15.5 Å². The van der Waals surface area contributed by atoms with Crippen molar-refractivity contribution in [3.63, 3.8) is 0 Å². The standard InChI is InChI=1S/C12H19N3O3/c1-4-10(16)14-8(2)12(18)15-7-5-6-9(15)11(17)13-3/h4,8-9H,1,5-7H2,2-3H3,(H,13,17)(H,14,16). The third-order valence-corrected chi connectivity index (χ3v) is 3.00. The Kier molecular flexibility index (Phi) is 4.88. The van der Waals surface area contributed by atoms with Gasteiger partial charge >= 0.3 is 0 Å². The molecule has 18 heavy (non-hydrogen) atoms. The van der Waals surface area contributed by atoms with Gasteiger partial charge in [0.2, 0.25) is 17.7 Å². The van der Waals surface area contributed by atoms with Gasteiger partial charge in [0.25, 0.3) is 0 Å². The molecule has 0 saturated carbocycles. The zero-order chi connectivity index (χ0) is 13.7. The Hall–Kier alpha value is -1.85. The highest BCUT2D eigenvalue weighted by Gasteiger charge is 2.35. The zero-order valence-electron chi connectivity index (χ0n) is 10.7. The first-order valence-electron chi connectivity index (χ1n) is 5.96. The van der Waals surface area contributed by atoms with E-state index in [1.54, 1.807) is 14.0 Å². The van der Waals surface area contributed by atoms with Crippen LogP contribution in [-0.4, -0.2) is 48.3 Å². The molecule has 1 aliphatic rings. The molecule has 100 valence electrons. The van der Waals surface area contributed by atoms with Crippen molar-refractivity contribution in [1.82, 2.24) is 15.5 Å². The van der Waals surface area contributed by atoms with Crippen molar-refractivity contribution in [2.24, 2.45) is 0 Å². The second kappa shape index (κ2) is 6.18. The summed E-state index contributed by atoms with van der Waals surface area (Å²) in [6.45, 7) is 5.47. The summed E-state index contributed by atoms with van der Waals surface area (Å²) in [4.78, 5) is 36.4. The third kappa shape index (κ3) is 3.09. The smallest absolute Gasteiger partial charge is 0.245 e. The van der Waals surface area contributed by atoms with Crippen LogP contribution in [0, 0.1) is 0 Å². The fourth-order valence-electron chi connectivity index (χ4n) is 2.05. The van der Waals surface area contributed by atoms with E-state index in [2.05, 4.69) is 17.2 Å². The summed E-state index contributed by atoms with van der Waals surface area (Å²) in [5.74, 6) is -0.800. The summed E-state index contributed by atoms with van der Waals surface area (Å²) in [7, 11) is 1.55. The lowest BCUT2D eigenvalue weighted by atomic mass is 10.2. The molecule has 1 saturated heterocycles. The molecule has 0 aromatic carbocycles. The van der Waals surface area contributed by atoms with Gasteiger partial charge in [0.15, 0.2) is 0 Å². The molecule has 0 spiro atoms. The van der Waals surface area contributed by atoms with Crippen LogP contribution < -0.4 is 10.6 Å². The number of carbonyl (C=O) groups is 3. The molecule has 0 bridgehead atoms. The van der Waals surface area contributed by atoms with Crippen LogP contribution in [-0.2, 0) is 14.4 Å². The minimum atomic E-state index is -0.652. The molecule has 0 aromatic rings. The van der Waals surface area contributed by atoms with Crippen molar-refractivity contribution in [2.45, 2.75) is 31.8 Å². The summed E-state index contributed by atoms with van der Waals surface area (Å²) in [6, 6.07) is -1.08. The monoisotopic (exact) mass is 253 g/mol. The lowest BCUT2D eigenvalue weighted by Gasteiger charge is -2.26. The number of hydrogen-bond acceptors (Lipinski definition) is 3. The Balaban J connectivity index is 2.67. The van der Waals surface area contributed by atoms with E-state index in [9.17, 15) is 14.4 Å². The molecule has 6 heteroatoms. The summed E-state index contributed by atoms with van der Waals surface area (Å²) in [5, 5.41) is 5.05. The molecular formula is C12H19N3O3. The Morgan fingerprint density at radius 3 is 2.67 bits per heavy atom. The molecule has 0 radical (unpaired) electrons. The van der Waals surface area contributed by atoms with Gasteiger partial charge in [-0.1, -0.05) is 6.58 Å². The van der Waals surface area contributed by atoms with Crippen LogP contribution >= 0.6 is 0 Å². The van der Waals surface area contributed by atoms with E-state index in [4.69, 9.17) is 0 Å². The number of nitrogens with one attached hydrogen (secondary N) is 2. The van der Waals surface area contributed by atoms with E-state index in [-0.39, 0.29) is 11.8 Å². The fourth-order valence-corrected chi connectivity index (χ4v) is 2.05. The van der Waals surface area contributed by atoms with E-state index < -0.39 is 18.0 Å². The van der Waals surface area contributed by atoms with Crippen LogP contribution in [0.2, 0.25) is 0 Å². The molecule has 2 atom stereocenters. The van der Waals surface area contributed by atoms with Crippen molar-refractivity contribution in [2.75, 3.05) is 13.6 Å². The van der Waals surface area contributed by atoms with Gasteiger partial charge in [-0.15, -0.1) is 0 Å². The maximum atomic E-state index is 12.1. The molecule has 1 aliphatic heterocycles. The predicted octanol–water partition coefficient (Wildman–Crippen LogP) is -0.586. The molecule has 2 unspecified atom stereocenters. The lowest BCUT2D eigenvalue weighted by Crippen LogP contribution is -2.51. The van der Waals surface area contributed by atoms with Gasteiger partial charge in [-0.25, -0.2) is 0 Å². The third-order valence-electron chi connectivity index (χ3n) is 3.00. The minimum absolute atomic E-state index is 0.164. The number of likely N-dealkylation sites (N-methyl/N-ethyl adjacent to an activating group) is 1. The normalized spacial score (nSPS) is 20.1. The molecule has 6 nitrogen and oxygen atoms in total. The number of likely N-dealkylation sites (tertiary alicyclic amines) is 1. The van der Waals surface area contributed by atoms with Gasteiger partial charge in [0.1, 0.15) is 12.1 Å². The van der Waals surface area contributed by atoms with Crippen LogP contribution in [0.25, 0.3) is 0 Å². The fraction of sp³-hybridized carbons (Fsp3) is 0.583. The maximum Gasteiger partial charge on any atom is 0.245 e. The second-order valence-corrected chi connectivity index (χ2v) is 4.24. The lowest BCUT2D eigenvalue weighted by molar-refractivity contribution is -0.140.